The Morgan fingerprint density at radius 2 is 2.14 bits per heavy atom. The third-order valence-corrected chi connectivity index (χ3v) is 5.20. The lowest BCUT2D eigenvalue weighted by atomic mass is 9.95. The van der Waals surface area contributed by atoms with Crippen LogP contribution < -0.4 is 5.32 Å². The second-order valence-electron chi connectivity index (χ2n) is 5.66. The molecule has 0 aliphatic carbocycles. The predicted molar refractivity (Wildman–Crippen MR) is 83.1 cm³/mol. The summed E-state index contributed by atoms with van der Waals surface area (Å²) in [4.78, 5) is 27.5. The Morgan fingerprint density at radius 1 is 1.45 bits per heavy atom. The molecule has 0 saturated carbocycles. The molecule has 1 saturated heterocycles. The van der Waals surface area contributed by atoms with Crippen LogP contribution in [0.2, 0.25) is 0 Å². The average molecular weight is 326 g/mol. The Morgan fingerprint density at radius 3 is 2.73 bits per heavy atom. The number of hydrogen-bond acceptors (Lipinski definition) is 5. The van der Waals surface area contributed by atoms with E-state index in [1.54, 1.807) is 6.92 Å². The van der Waals surface area contributed by atoms with Crippen LogP contribution in [0, 0.1) is 12.8 Å². The summed E-state index contributed by atoms with van der Waals surface area (Å²) in [6.07, 6.45) is 3.41. The number of aromatic carboxylic acids is 1. The van der Waals surface area contributed by atoms with Gasteiger partial charge in [-0.25, -0.2) is 9.78 Å². The van der Waals surface area contributed by atoms with Crippen molar-refractivity contribution in [2.24, 2.45) is 5.92 Å². The number of aryl methyl sites for hydroxylation is 1. The summed E-state index contributed by atoms with van der Waals surface area (Å²) in [5.41, 5.74) is 0.496. The van der Waals surface area contributed by atoms with E-state index in [0.29, 0.717) is 23.0 Å². The van der Waals surface area contributed by atoms with Crippen molar-refractivity contribution in [1.82, 2.24) is 10.3 Å². The number of rotatable bonds is 6. The normalized spacial score (nSPS) is 17.2. The smallest absolute Gasteiger partial charge is 0.347 e. The standard InChI is InChI=1S/C15H22N2O4S/c1-9-13(15(19)20)22-14(17-9)10(2)16-12(18)4-3-11-5-7-21-8-6-11/h10-11H,3-8H2,1-2H3,(H,16,18)(H,19,20). The minimum atomic E-state index is -0.973. The van der Waals surface area contributed by atoms with Gasteiger partial charge in [-0.2, -0.15) is 0 Å². The maximum atomic E-state index is 12.0. The molecule has 1 aliphatic rings. The first-order valence-corrected chi connectivity index (χ1v) is 8.36. The molecule has 0 bridgehead atoms. The van der Waals surface area contributed by atoms with Gasteiger partial charge < -0.3 is 15.2 Å². The molecule has 1 aromatic heterocycles. The first-order valence-electron chi connectivity index (χ1n) is 7.55. The molecule has 0 radical (unpaired) electrons. The Bertz CT molecular complexity index is 538. The molecular weight excluding hydrogens is 304 g/mol. The number of nitrogens with zero attached hydrogens (tertiary/aromatic N) is 1. The van der Waals surface area contributed by atoms with Gasteiger partial charge >= 0.3 is 5.97 Å². The minimum absolute atomic E-state index is 0.0104. The number of carboxylic acids is 1. The van der Waals surface area contributed by atoms with Crippen LogP contribution in [-0.4, -0.2) is 35.2 Å². The van der Waals surface area contributed by atoms with Crippen molar-refractivity contribution in [1.29, 1.82) is 0 Å². The minimum Gasteiger partial charge on any atom is -0.477 e. The molecule has 2 rings (SSSR count). The Kier molecular flexibility index (Phi) is 5.90. The highest BCUT2D eigenvalue weighted by molar-refractivity contribution is 7.13. The molecule has 1 unspecified atom stereocenters. The van der Waals surface area contributed by atoms with E-state index in [0.717, 1.165) is 43.8 Å². The molecule has 1 aromatic rings. The zero-order chi connectivity index (χ0) is 16.1. The fraction of sp³-hybridized carbons (Fsp3) is 0.667. The van der Waals surface area contributed by atoms with Gasteiger partial charge in [-0.05, 0) is 39.0 Å². The lowest BCUT2D eigenvalue weighted by Crippen LogP contribution is -2.27. The third-order valence-electron chi connectivity index (χ3n) is 3.88. The van der Waals surface area contributed by atoms with Gasteiger partial charge in [0.1, 0.15) is 9.88 Å². The van der Waals surface area contributed by atoms with Crippen molar-refractivity contribution in [2.75, 3.05) is 13.2 Å². The first-order chi connectivity index (χ1) is 10.5. The highest BCUT2D eigenvalue weighted by atomic mass is 32.1. The predicted octanol–water partition coefficient (Wildman–Crippen LogP) is 2.53. The van der Waals surface area contributed by atoms with Crippen LogP contribution >= 0.6 is 11.3 Å². The fourth-order valence-electron chi connectivity index (χ4n) is 2.55. The van der Waals surface area contributed by atoms with E-state index < -0.39 is 5.97 Å². The maximum Gasteiger partial charge on any atom is 0.347 e. The largest absolute Gasteiger partial charge is 0.477 e. The van der Waals surface area contributed by atoms with Gasteiger partial charge in [0.2, 0.25) is 5.91 Å². The zero-order valence-corrected chi connectivity index (χ0v) is 13.7. The summed E-state index contributed by atoms with van der Waals surface area (Å²) in [6, 6.07) is -0.265. The number of nitrogens with one attached hydrogen (secondary N) is 1. The zero-order valence-electron chi connectivity index (χ0n) is 12.9. The average Bonchev–Trinajstić information content (AvgIpc) is 2.88. The van der Waals surface area contributed by atoms with E-state index in [1.165, 1.54) is 0 Å². The number of carboxylic acid groups (broad SMARTS) is 1. The molecule has 1 amide bonds. The third kappa shape index (κ3) is 4.51. The van der Waals surface area contributed by atoms with Crippen LogP contribution in [0.3, 0.4) is 0 Å². The van der Waals surface area contributed by atoms with Crippen LogP contribution in [0.15, 0.2) is 0 Å². The number of aromatic nitrogens is 1. The SMILES string of the molecule is Cc1nc(C(C)NC(=O)CCC2CCOCC2)sc1C(=O)O. The summed E-state index contributed by atoms with van der Waals surface area (Å²) in [6.45, 7) is 5.08. The van der Waals surface area contributed by atoms with Gasteiger partial charge in [0.25, 0.3) is 0 Å². The van der Waals surface area contributed by atoms with Crippen LogP contribution in [0.1, 0.15) is 59.0 Å². The quantitative estimate of drug-likeness (QED) is 0.838. The topological polar surface area (TPSA) is 88.5 Å². The fourth-order valence-corrected chi connectivity index (χ4v) is 3.45. The van der Waals surface area contributed by atoms with Crippen molar-refractivity contribution < 1.29 is 19.4 Å². The second kappa shape index (κ2) is 7.69. The van der Waals surface area contributed by atoms with E-state index in [1.807, 2.05) is 6.92 Å². The summed E-state index contributed by atoms with van der Waals surface area (Å²) in [5.74, 6) is -0.418. The number of carbonyl (C=O) groups is 2. The second-order valence-corrected chi connectivity index (χ2v) is 6.69. The molecule has 1 fully saturated rings. The number of amides is 1. The lowest BCUT2D eigenvalue weighted by molar-refractivity contribution is -0.122. The molecule has 1 atom stereocenters. The Balaban J connectivity index is 1.82. The van der Waals surface area contributed by atoms with Gasteiger partial charge in [-0.3, -0.25) is 4.79 Å². The summed E-state index contributed by atoms with van der Waals surface area (Å²) in [5, 5.41) is 12.6. The maximum absolute atomic E-state index is 12.0. The molecule has 7 heteroatoms. The lowest BCUT2D eigenvalue weighted by Gasteiger charge is -2.21. The van der Waals surface area contributed by atoms with E-state index in [9.17, 15) is 9.59 Å². The van der Waals surface area contributed by atoms with Crippen molar-refractivity contribution in [3.63, 3.8) is 0 Å². The van der Waals surface area contributed by atoms with Crippen LogP contribution in [0.4, 0.5) is 0 Å². The van der Waals surface area contributed by atoms with Gasteiger partial charge in [0.05, 0.1) is 11.7 Å². The van der Waals surface area contributed by atoms with Crippen LogP contribution in [-0.2, 0) is 9.53 Å². The van der Waals surface area contributed by atoms with Gasteiger partial charge in [0.15, 0.2) is 0 Å². The van der Waals surface area contributed by atoms with Crippen LogP contribution in [0.25, 0.3) is 0 Å². The van der Waals surface area contributed by atoms with Gasteiger partial charge in [-0.15, -0.1) is 11.3 Å². The molecule has 0 aromatic carbocycles. The Hall–Kier alpha value is -1.47. The van der Waals surface area contributed by atoms with Crippen molar-refractivity contribution in [2.45, 2.75) is 45.6 Å². The number of hydrogen-bond donors (Lipinski definition) is 2. The van der Waals surface area contributed by atoms with E-state index in [-0.39, 0.29) is 16.8 Å². The van der Waals surface area contributed by atoms with Crippen LogP contribution in [0.5, 0.6) is 0 Å². The van der Waals surface area contributed by atoms with E-state index in [4.69, 9.17) is 9.84 Å². The van der Waals surface area contributed by atoms with Gasteiger partial charge in [0, 0.05) is 19.6 Å². The number of ether oxygens (including phenoxy) is 1. The summed E-state index contributed by atoms with van der Waals surface area (Å²) >= 11 is 1.12. The highest BCUT2D eigenvalue weighted by Crippen LogP contribution is 2.24. The molecule has 2 N–H and O–H groups in total. The summed E-state index contributed by atoms with van der Waals surface area (Å²) < 4.78 is 5.31. The first kappa shape index (κ1) is 16.9. The Labute approximate surface area is 133 Å². The monoisotopic (exact) mass is 326 g/mol. The van der Waals surface area contributed by atoms with Gasteiger partial charge in [-0.1, -0.05) is 0 Å². The van der Waals surface area contributed by atoms with E-state index >= 15 is 0 Å². The molecule has 22 heavy (non-hydrogen) atoms. The molecule has 0 spiro atoms. The van der Waals surface area contributed by atoms with Crippen molar-refractivity contribution in [3.8, 4) is 0 Å². The highest BCUT2D eigenvalue weighted by Gasteiger charge is 2.20. The molecule has 2 heterocycles. The van der Waals surface area contributed by atoms with E-state index in [2.05, 4.69) is 10.3 Å². The number of thiazole rings is 1. The summed E-state index contributed by atoms with van der Waals surface area (Å²) in [7, 11) is 0. The molecule has 122 valence electrons. The molecular formula is C15H22N2O4S. The van der Waals surface area contributed by atoms with Crippen molar-refractivity contribution in [3.05, 3.63) is 15.6 Å². The van der Waals surface area contributed by atoms with Crippen molar-refractivity contribution >= 4 is 23.2 Å². The number of carbonyl (C=O) groups excluding carboxylic acids is 1. The molecule has 6 nitrogen and oxygen atoms in total. The molecule has 1 aliphatic heterocycles.